The summed E-state index contributed by atoms with van der Waals surface area (Å²) in [7, 11) is 0. The minimum Gasteiger partial charge on any atom is -0.330 e. The van der Waals surface area contributed by atoms with Crippen LogP contribution in [-0.2, 0) is 4.79 Å². The molecule has 0 aliphatic rings. The van der Waals surface area contributed by atoms with E-state index in [1.165, 1.54) is 6.07 Å². The lowest BCUT2D eigenvalue weighted by Crippen LogP contribution is -2.16. The van der Waals surface area contributed by atoms with Crippen molar-refractivity contribution >= 4 is 27.5 Å². The zero-order chi connectivity index (χ0) is 15.8. The van der Waals surface area contributed by atoms with Gasteiger partial charge in [0.1, 0.15) is 11.6 Å². The van der Waals surface area contributed by atoms with Crippen LogP contribution in [-0.4, -0.2) is 12.5 Å². The topological polar surface area (TPSA) is 55.1 Å². The molecule has 3 nitrogen and oxygen atoms in total. The third kappa shape index (κ3) is 6.09. The Labute approximate surface area is 132 Å². The molecule has 0 fully saturated rings. The van der Waals surface area contributed by atoms with Crippen molar-refractivity contribution in [3.63, 3.8) is 0 Å². The average molecular weight is 363 g/mol. The van der Waals surface area contributed by atoms with E-state index in [0.29, 0.717) is 18.9 Å². The molecular formula is C15H21BrF2N2O. The van der Waals surface area contributed by atoms with Gasteiger partial charge in [0, 0.05) is 12.5 Å². The quantitative estimate of drug-likeness (QED) is 0.680. The van der Waals surface area contributed by atoms with E-state index >= 15 is 0 Å². The smallest absolute Gasteiger partial charge is 0.224 e. The highest BCUT2D eigenvalue weighted by Crippen LogP contribution is 2.24. The lowest BCUT2D eigenvalue weighted by Gasteiger charge is -2.15. The maximum Gasteiger partial charge on any atom is 0.224 e. The number of anilines is 1. The van der Waals surface area contributed by atoms with Gasteiger partial charge in [0.25, 0.3) is 0 Å². The first-order chi connectivity index (χ1) is 9.97. The highest BCUT2D eigenvalue weighted by molar-refractivity contribution is 9.10. The fourth-order valence-corrected chi connectivity index (χ4v) is 2.59. The van der Waals surface area contributed by atoms with Crippen LogP contribution >= 0.6 is 15.9 Å². The van der Waals surface area contributed by atoms with E-state index in [-0.39, 0.29) is 16.1 Å². The van der Waals surface area contributed by atoms with E-state index < -0.39 is 11.6 Å². The van der Waals surface area contributed by atoms with Crippen molar-refractivity contribution in [2.45, 2.75) is 39.0 Å². The summed E-state index contributed by atoms with van der Waals surface area (Å²) in [6.45, 7) is 2.70. The molecule has 3 N–H and O–H groups in total. The molecule has 0 saturated heterocycles. The van der Waals surface area contributed by atoms with Crippen LogP contribution in [0.4, 0.5) is 14.5 Å². The van der Waals surface area contributed by atoms with Gasteiger partial charge >= 0.3 is 0 Å². The van der Waals surface area contributed by atoms with Crippen LogP contribution in [0.2, 0.25) is 0 Å². The molecule has 1 atom stereocenters. The van der Waals surface area contributed by atoms with Gasteiger partial charge in [-0.2, -0.15) is 0 Å². The molecule has 21 heavy (non-hydrogen) atoms. The molecule has 0 aromatic heterocycles. The van der Waals surface area contributed by atoms with Gasteiger partial charge in [-0.15, -0.1) is 0 Å². The molecule has 0 radical (unpaired) electrons. The number of nitrogens with two attached hydrogens (primary N) is 1. The van der Waals surface area contributed by atoms with Gasteiger partial charge in [-0.25, -0.2) is 8.78 Å². The zero-order valence-electron chi connectivity index (χ0n) is 12.1. The maximum absolute atomic E-state index is 13.5. The molecule has 0 saturated carbocycles. The summed E-state index contributed by atoms with van der Waals surface area (Å²) in [5, 5.41) is 2.48. The molecular weight excluding hydrogens is 342 g/mol. The molecule has 0 aliphatic heterocycles. The Kier molecular flexibility index (Phi) is 7.82. The second-order valence-electron chi connectivity index (χ2n) is 5.07. The summed E-state index contributed by atoms with van der Waals surface area (Å²) < 4.78 is 26.8. The van der Waals surface area contributed by atoms with Crippen LogP contribution < -0.4 is 11.1 Å². The van der Waals surface area contributed by atoms with Crippen molar-refractivity contribution in [2.24, 2.45) is 11.7 Å². The van der Waals surface area contributed by atoms with Crippen molar-refractivity contribution in [3.05, 3.63) is 28.2 Å². The Bertz CT molecular complexity index is 477. The molecule has 0 aliphatic carbocycles. The van der Waals surface area contributed by atoms with Gasteiger partial charge in [-0.1, -0.05) is 19.8 Å². The minimum atomic E-state index is -0.781. The van der Waals surface area contributed by atoms with Gasteiger partial charge in [-0.05, 0) is 47.3 Å². The summed E-state index contributed by atoms with van der Waals surface area (Å²) >= 11 is 2.97. The predicted molar refractivity (Wildman–Crippen MR) is 84.0 cm³/mol. The van der Waals surface area contributed by atoms with E-state index in [1.54, 1.807) is 0 Å². The standard InChI is InChI=1S/C15H21BrF2N2O/c1-2-3-10(6-7-19)4-5-15(21)20-14-8-11(16)12(17)9-13(14)18/h8-10H,2-7,19H2,1H3,(H,20,21). The van der Waals surface area contributed by atoms with Crippen LogP contribution in [0.25, 0.3) is 0 Å². The fraction of sp³-hybridized carbons (Fsp3) is 0.533. The van der Waals surface area contributed by atoms with Gasteiger partial charge in [0.05, 0.1) is 10.2 Å². The molecule has 1 unspecified atom stereocenters. The number of carbonyl (C=O) groups excluding carboxylic acids is 1. The molecule has 1 aromatic rings. The molecule has 1 aromatic carbocycles. The molecule has 6 heteroatoms. The van der Waals surface area contributed by atoms with Gasteiger partial charge in [-0.3, -0.25) is 4.79 Å². The molecule has 1 amide bonds. The molecule has 0 heterocycles. The normalized spacial score (nSPS) is 12.2. The number of halogens is 3. The number of hydrogen-bond donors (Lipinski definition) is 2. The predicted octanol–water partition coefficient (Wildman–Crippen LogP) is 4.21. The van der Waals surface area contributed by atoms with Gasteiger partial charge in [0.15, 0.2) is 0 Å². The van der Waals surface area contributed by atoms with Gasteiger partial charge in [0.2, 0.25) is 5.91 Å². The number of rotatable bonds is 8. The number of nitrogens with one attached hydrogen (secondary N) is 1. The Hall–Kier alpha value is -1.01. The molecule has 1 rings (SSSR count). The lowest BCUT2D eigenvalue weighted by molar-refractivity contribution is -0.116. The fourth-order valence-electron chi connectivity index (χ4n) is 2.24. The minimum absolute atomic E-state index is 0.0147. The van der Waals surface area contributed by atoms with Crippen molar-refractivity contribution in [1.82, 2.24) is 0 Å². The monoisotopic (exact) mass is 362 g/mol. The Morgan fingerprint density at radius 1 is 1.29 bits per heavy atom. The Balaban J connectivity index is 2.55. The van der Waals surface area contributed by atoms with E-state index in [9.17, 15) is 13.6 Å². The largest absolute Gasteiger partial charge is 0.330 e. The summed E-state index contributed by atoms with van der Waals surface area (Å²) in [6, 6.07) is 1.97. The van der Waals surface area contributed by atoms with Crippen LogP contribution in [0.5, 0.6) is 0 Å². The lowest BCUT2D eigenvalue weighted by atomic mass is 9.94. The second-order valence-corrected chi connectivity index (χ2v) is 5.92. The third-order valence-electron chi connectivity index (χ3n) is 3.34. The highest BCUT2D eigenvalue weighted by Gasteiger charge is 2.13. The molecule has 0 spiro atoms. The Morgan fingerprint density at radius 3 is 2.62 bits per heavy atom. The number of hydrogen-bond acceptors (Lipinski definition) is 2. The van der Waals surface area contributed by atoms with Crippen molar-refractivity contribution in [3.8, 4) is 0 Å². The van der Waals surface area contributed by atoms with Gasteiger partial charge < -0.3 is 11.1 Å². The molecule has 0 bridgehead atoms. The first-order valence-electron chi connectivity index (χ1n) is 7.12. The first-order valence-corrected chi connectivity index (χ1v) is 7.91. The average Bonchev–Trinajstić information content (AvgIpc) is 2.42. The van der Waals surface area contributed by atoms with E-state index in [4.69, 9.17) is 5.73 Å². The van der Waals surface area contributed by atoms with E-state index in [0.717, 1.165) is 31.7 Å². The Morgan fingerprint density at radius 2 is 2.00 bits per heavy atom. The SMILES string of the molecule is CCCC(CCN)CCC(=O)Nc1cc(Br)c(F)cc1F. The van der Waals surface area contributed by atoms with Crippen molar-refractivity contribution in [1.29, 1.82) is 0 Å². The first kappa shape index (κ1) is 18.0. The summed E-state index contributed by atoms with van der Waals surface area (Å²) in [5.41, 5.74) is 5.53. The van der Waals surface area contributed by atoms with Crippen LogP contribution in [0.1, 0.15) is 39.0 Å². The maximum atomic E-state index is 13.5. The summed E-state index contributed by atoms with van der Waals surface area (Å²) in [6.07, 6.45) is 3.99. The number of carbonyl (C=O) groups is 1. The highest BCUT2D eigenvalue weighted by atomic mass is 79.9. The zero-order valence-corrected chi connectivity index (χ0v) is 13.7. The number of benzene rings is 1. The summed E-state index contributed by atoms with van der Waals surface area (Å²) in [5.74, 6) is -1.34. The van der Waals surface area contributed by atoms with E-state index in [1.807, 2.05) is 0 Å². The number of amides is 1. The van der Waals surface area contributed by atoms with Crippen LogP contribution in [0.3, 0.4) is 0 Å². The van der Waals surface area contributed by atoms with E-state index in [2.05, 4.69) is 28.2 Å². The second kappa shape index (κ2) is 9.10. The summed E-state index contributed by atoms with van der Waals surface area (Å²) in [4.78, 5) is 11.9. The van der Waals surface area contributed by atoms with Crippen molar-refractivity contribution < 1.29 is 13.6 Å². The van der Waals surface area contributed by atoms with Crippen LogP contribution in [0.15, 0.2) is 16.6 Å². The third-order valence-corrected chi connectivity index (χ3v) is 3.94. The molecule has 118 valence electrons. The van der Waals surface area contributed by atoms with Crippen LogP contribution in [0, 0.1) is 17.6 Å². The van der Waals surface area contributed by atoms with Crippen molar-refractivity contribution in [2.75, 3.05) is 11.9 Å².